The lowest BCUT2D eigenvalue weighted by Crippen LogP contribution is -2.47. The highest BCUT2D eigenvalue weighted by atomic mass is 19.1. The van der Waals surface area contributed by atoms with Gasteiger partial charge in [0.15, 0.2) is 0 Å². The predicted molar refractivity (Wildman–Crippen MR) is 154 cm³/mol. The lowest BCUT2D eigenvalue weighted by atomic mass is 10.0. The number of benzene rings is 2. The summed E-state index contributed by atoms with van der Waals surface area (Å²) < 4.78 is 35.8. The molecule has 3 amide bonds. The molecular weight excluding hydrogens is 558 g/mol. The van der Waals surface area contributed by atoms with Crippen LogP contribution in [0.5, 0.6) is 0 Å². The van der Waals surface area contributed by atoms with Crippen LogP contribution in [0.25, 0.3) is 33.0 Å². The summed E-state index contributed by atoms with van der Waals surface area (Å²) in [6.45, 7) is 3.00. The summed E-state index contributed by atoms with van der Waals surface area (Å²) in [6.07, 6.45) is 3.10. The number of hydrogen-bond acceptors (Lipinski definition) is 6. The number of aryl methyl sites for hydroxylation is 1. The Balaban J connectivity index is 1.23. The molecular formula is C31H28F2N6O4. The Morgan fingerprint density at radius 1 is 1.12 bits per heavy atom. The lowest BCUT2D eigenvalue weighted by Gasteiger charge is -2.25. The van der Waals surface area contributed by atoms with Crippen LogP contribution in [0.1, 0.15) is 41.1 Å². The number of nitrogens with two attached hydrogens (primary N) is 1. The molecule has 1 aliphatic rings. The van der Waals surface area contributed by atoms with Crippen LogP contribution in [0.15, 0.2) is 65.5 Å². The summed E-state index contributed by atoms with van der Waals surface area (Å²) in [4.78, 5) is 40.4. The zero-order chi connectivity index (χ0) is 30.4. The predicted octanol–water partition coefficient (Wildman–Crippen LogP) is 4.21. The molecule has 0 unspecified atom stereocenters. The van der Waals surface area contributed by atoms with E-state index >= 15 is 0 Å². The summed E-state index contributed by atoms with van der Waals surface area (Å²) in [6, 6.07) is 9.67. The Hall–Kier alpha value is -5.13. The van der Waals surface area contributed by atoms with Crippen LogP contribution in [-0.4, -0.2) is 56.1 Å². The molecule has 3 N–H and O–H groups in total. The number of furan rings is 1. The highest BCUT2D eigenvalue weighted by Gasteiger charge is 2.40. The number of hydrogen-bond donors (Lipinski definition) is 2. The van der Waals surface area contributed by atoms with E-state index in [1.807, 2.05) is 6.07 Å². The molecule has 0 saturated carbocycles. The lowest BCUT2D eigenvalue weighted by molar-refractivity contribution is -0.139. The Morgan fingerprint density at radius 3 is 2.67 bits per heavy atom. The van der Waals surface area contributed by atoms with E-state index in [1.54, 1.807) is 49.0 Å². The maximum absolute atomic E-state index is 14.6. The van der Waals surface area contributed by atoms with Gasteiger partial charge >= 0.3 is 0 Å². The monoisotopic (exact) mass is 586 g/mol. The van der Waals surface area contributed by atoms with Crippen LogP contribution in [0, 0.1) is 12.7 Å². The van der Waals surface area contributed by atoms with Crippen LogP contribution >= 0.6 is 0 Å². The maximum Gasteiger partial charge on any atom is 0.250 e. The van der Waals surface area contributed by atoms with Crippen molar-refractivity contribution in [1.29, 1.82) is 0 Å². The van der Waals surface area contributed by atoms with Crippen molar-refractivity contribution in [2.45, 2.75) is 45.1 Å². The van der Waals surface area contributed by atoms with Crippen molar-refractivity contribution in [3.63, 3.8) is 0 Å². The van der Waals surface area contributed by atoms with Crippen LogP contribution in [0.2, 0.25) is 0 Å². The van der Waals surface area contributed by atoms with Gasteiger partial charge in [-0.2, -0.15) is 10.2 Å². The molecule has 12 heteroatoms. The van der Waals surface area contributed by atoms with Crippen molar-refractivity contribution in [2.24, 2.45) is 5.73 Å². The van der Waals surface area contributed by atoms with E-state index in [-0.39, 0.29) is 25.1 Å². The number of primary amides is 1. The number of nitrogens with one attached hydrogen (secondary N) is 1. The second-order valence-electron chi connectivity index (χ2n) is 10.8. The molecule has 0 spiro atoms. The number of nitrogens with zero attached hydrogens (tertiary/aromatic N) is 4. The number of alkyl halides is 1. The number of carbonyl (C=O) groups excluding carboxylic acids is 3. The standard InChI is InChI=1S/C31H28F2N6O4/c1-16-22-10-20(32)4-6-27(22)43-29(16)17(2)37-31(42)26-11-21(33)13-39(26)28(40)15-38-14-24(30(34)41)23-9-18(3-5-25(23)38)19-7-8-35-36-12-19/h3-10,12,14,17,21,26H,11,13,15H2,1-2H3,(H2,34,41)(H,37,42)/t17-,21-,26+/m1/s1. The number of fused-ring (bicyclic) bond motifs is 2. The van der Waals surface area contributed by atoms with Gasteiger partial charge in [0.05, 0.1) is 30.5 Å². The molecule has 0 radical (unpaired) electrons. The first-order chi connectivity index (χ1) is 20.6. The minimum absolute atomic E-state index is 0.156. The van der Waals surface area contributed by atoms with Gasteiger partial charge in [-0.05, 0) is 55.8 Å². The molecule has 1 saturated heterocycles. The second-order valence-corrected chi connectivity index (χ2v) is 10.8. The minimum atomic E-state index is -1.38. The molecule has 43 heavy (non-hydrogen) atoms. The van der Waals surface area contributed by atoms with Crippen molar-refractivity contribution >= 4 is 39.6 Å². The Bertz CT molecular complexity index is 1890. The number of halogens is 2. The maximum atomic E-state index is 14.6. The Morgan fingerprint density at radius 2 is 1.93 bits per heavy atom. The first-order valence-electron chi connectivity index (χ1n) is 13.7. The van der Waals surface area contributed by atoms with E-state index in [4.69, 9.17) is 10.2 Å². The van der Waals surface area contributed by atoms with E-state index in [0.29, 0.717) is 33.2 Å². The zero-order valence-corrected chi connectivity index (χ0v) is 23.4. The zero-order valence-electron chi connectivity index (χ0n) is 23.4. The summed E-state index contributed by atoms with van der Waals surface area (Å²) >= 11 is 0. The van der Waals surface area contributed by atoms with Crippen molar-refractivity contribution < 1.29 is 27.6 Å². The fourth-order valence-electron chi connectivity index (χ4n) is 5.81. The normalized spacial score (nSPS) is 17.4. The Labute approximate surface area is 244 Å². The number of carbonyl (C=O) groups is 3. The fraction of sp³-hybridized carbons (Fsp3) is 0.258. The summed E-state index contributed by atoms with van der Waals surface area (Å²) in [5.74, 6) is -1.64. The molecule has 0 bridgehead atoms. The minimum Gasteiger partial charge on any atom is -0.459 e. The third kappa shape index (κ3) is 5.20. The van der Waals surface area contributed by atoms with E-state index < -0.39 is 41.8 Å². The molecule has 3 aromatic heterocycles. The SMILES string of the molecule is Cc1c([C@@H](C)NC(=O)[C@@H]2C[C@@H](F)CN2C(=O)Cn2cc(C(N)=O)c3cc(-c4ccnnc4)ccc32)oc2ccc(F)cc12. The van der Waals surface area contributed by atoms with E-state index in [0.717, 1.165) is 11.1 Å². The van der Waals surface area contributed by atoms with Crippen LogP contribution in [0.3, 0.4) is 0 Å². The average molecular weight is 587 g/mol. The average Bonchev–Trinajstić information content (AvgIpc) is 3.66. The largest absolute Gasteiger partial charge is 0.459 e. The van der Waals surface area contributed by atoms with Gasteiger partial charge in [-0.1, -0.05) is 6.07 Å². The first-order valence-corrected chi connectivity index (χ1v) is 13.7. The van der Waals surface area contributed by atoms with Gasteiger partial charge in [0.1, 0.15) is 35.9 Å². The van der Waals surface area contributed by atoms with Crippen LogP contribution in [0.4, 0.5) is 8.78 Å². The summed E-state index contributed by atoms with van der Waals surface area (Å²) in [7, 11) is 0. The van der Waals surface area contributed by atoms with Crippen LogP contribution < -0.4 is 11.1 Å². The molecule has 10 nitrogen and oxygen atoms in total. The van der Waals surface area contributed by atoms with Gasteiger partial charge in [-0.25, -0.2) is 8.78 Å². The highest BCUT2D eigenvalue weighted by Crippen LogP contribution is 2.31. The molecule has 220 valence electrons. The van der Waals surface area contributed by atoms with Crippen LogP contribution in [-0.2, 0) is 16.1 Å². The number of rotatable bonds is 7. The van der Waals surface area contributed by atoms with Crippen molar-refractivity contribution in [3.8, 4) is 11.1 Å². The Kier molecular flexibility index (Phi) is 7.12. The fourth-order valence-corrected chi connectivity index (χ4v) is 5.81. The highest BCUT2D eigenvalue weighted by molar-refractivity contribution is 6.07. The molecule has 5 aromatic rings. The van der Waals surface area contributed by atoms with Gasteiger partial charge in [0.25, 0.3) is 5.91 Å². The molecule has 3 atom stereocenters. The number of likely N-dealkylation sites (tertiary alicyclic amines) is 1. The molecule has 4 heterocycles. The van der Waals surface area contributed by atoms with E-state index in [2.05, 4.69) is 15.5 Å². The molecule has 1 aliphatic heterocycles. The van der Waals surface area contributed by atoms with Gasteiger partial charge in [-0.15, -0.1) is 0 Å². The number of aromatic nitrogens is 3. The van der Waals surface area contributed by atoms with Gasteiger partial charge < -0.3 is 24.9 Å². The second kappa shape index (κ2) is 10.9. The smallest absolute Gasteiger partial charge is 0.250 e. The topological polar surface area (TPSA) is 136 Å². The third-order valence-corrected chi connectivity index (χ3v) is 7.93. The molecule has 2 aromatic carbocycles. The molecule has 0 aliphatic carbocycles. The van der Waals surface area contributed by atoms with Gasteiger partial charge in [0.2, 0.25) is 11.8 Å². The van der Waals surface area contributed by atoms with E-state index in [9.17, 15) is 23.2 Å². The summed E-state index contributed by atoms with van der Waals surface area (Å²) in [5, 5.41) is 11.6. The third-order valence-electron chi connectivity index (χ3n) is 7.93. The summed E-state index contributed by atoms with van der Waals surface area (Å²) in [5.41, 5.74) is 9.18. The molecule has 6 rings (SSSR count). The van der Waals surface area contributed by atoms with Crippen molar-refractivity contribution in [3.05, 3.63) is 83.8 Å². The first kappa shape index (κ1) is 28.0. The van der Waals surface area contributed by atoms with Gasteiger partial charge in [0, 0.05) is 40.0 Å². The van der Waals surface area contributed by atoms with Crippen molar-refractivity contribution in [2.75, 3.05) is 6.54 Å². The number of amides is 3. The molecule has 1 fully saturated rings. The van der Waals surface area contributed by atoms with Crippen molar-refractivity contribution in [1.82, 2.24) is 25.0 Å². The van der Waals surface area contributed by atoms with Gasteiger partial charge in [-0.3, -0.25) is 14.4 Å². The quantitative estimate of drug-likeness (QED) is 0.293. The van der Waals surface area contributed by atoms with E-state index in [1.165, 1.54) is 29.3 Å².